The Morgan fingerprint density at radius 2 is 1.88 bits per heavy atom. The van der Waals surface area contributed by atoms with Crippen molar-refractivity contribution in [3.63, 3.8) is 0 Å². The fourth-order valence-electron chi connectivity index (χ4n) is 1.84. The molecule has 1 aliphatic carbocycles. The van der Waals surface area contributed by atoms with E-state index >= 15 is 0 Å². The zero-order valence-electron chi connectivity index (χ0n) is 8.93. The first-order valence-electron chi connectivity index (χ1n) is 5.51. The Balaban J connectivity index is 1.98. The van der Waals surface area contributed by atoms with E-state index in [0.717, 1.165) is 17.3 Å². The summed E-state index contributed by atoms with van der Waals surface area (Å²) in [6.07, 6.45) is 5.91. The third-order valence-corrected chi connectivity index (χ3v) is 2.87. The highest BCUT2D eigenvalue weighted by Gasteiger charge is 2.23. The van der Waals surface area contributed by atoms with E-state index in [2.05, 4.69) is 28.2 Å². The van der Waals surface area contributed by atoms with Crippen LogP contribution in [0, 0.1) is 0 Å². The van der Waals surface area contributed by atoms with Gasteiger partial charge in [-0.15, -0.1) is 0 Å². The molecule has 0 radical (unpaired) electrons. The number of benzene rings is 1. The van der Waals surface area contributed by atoms with E-state index in [-0.39, 0.29) is 0 Å². The molecule has 1 heterocycles. The SMILES string of the molecule is Nc1cnc(-c2cccc(C3CC3)c2)nc1. The van der Waals surface area contributed by atoms with Gasteiger partial charge in [-0.2, -0.15) is 0 Å². The highest BCUT2D eigenvalue weighted by molar-refractivity contribution is 5.57. The van der Waals surface area contributed by atoms with Gasteiger partial charge in [0, 0.05) is 5.56 Å². The fourth-order valence-corrected chi connectivity index (χ4v) is 1.84. The van der Waals surface area contributed by atoms with Crippen LogP contribution in [0.4, 0.5) is 5.69 Å². The molecule has 2 aromatic rings. The number of hydrogen-bond acceptors (Lipinski definition) is 3. The van der Waals surface area contributed by atoms with Gasteiger partial charge in [0.15, 0.2) is 5.82 Å². The third kappa shape index (κ3) is 1.76. The lowest BCUT2D eigenvalue weighted by Gasteiger charge is -2.03. The molecular weight excluding hydrogens is 198 g/mol. The van der Waals surface area contributed by atoms with Crippen LogP contribution in [0.15, 0.2) is 36.7 Å². The zero-order valence-corrected chi connectivity index (χ0v) is 8.93. The van der Waals surface area contributed by atoms with Crippen LogP contribution in [0.1, 0.15) is 24.3 Å². The molecule has 0 aliphatic heterocycles. The Bertz CT molecular complexity index is 501. The summed E-state index contributed by atoms with van der Waals surface area (Å²) in [5.74, 6) is 1.51. The zero-order chi connectivity index (χ0) is 11.0. The smallest absolute Gasteiger partial charge is 0.159 e. The van der Waals surface area contributed by atoms with Gasteiger partial charge in [0.25, 0.3) is 0 Å². The van der Waals surface area contributed by atoms with Crippen LogP contribution in [-0.2, 0) is 0 Å². The maximum atomic E-state index is 5.57. The van der Waals surface area contributed by atoms with E-state index in [1.165, 1.54) is 18.4 Å². The molecule has 3 rings (SSSR count). The van der Waals surface area contributed by atoms with E-state index in [4.69, 9.17) is 5.73 Å². The molecule has 1 fully saturated rings. The summed E-state index contributed by atoms with van der Waals surface area (Å²) in [6.45, 7) is 0. The second-order valence-electron chi connectivity index (χ2n) is 4.24. The van der Waals surface area contributed by atoms with Gasteiger partial charge in [-0.3, -0.25) is 0 Å². The largest absolute Gasteiger partial charge is 0.396 e. The molecule has 0 spiro atoms. The Labute approximate surface area is 94.4 Å². The van der Waals surface area contributed by atoms with Gasteiger partial charge in [-0.25, -0.2) is 9.97 Å². The molecule has 1 aromatic heterocycles. The van der Waals surface area contributed by atoms with E-state index in [0.29, 0.717) is 5.69 Å². The first kappa shape index (κ1) is 9.33. The van der Waals surface area contributed by atoms with Crippen molar-refractivity contribution in [1.29, 1.82) is 0 Å². The Hall–Kier alpha value is -1.90. The number of anilines is 1. The van der Waals surface area contributed by atoms with Gasteiger partial charge < -0.3 is 5.73 Å². The molecule has 3 nitrogen and oxygen atoms in total. The van der Waals surface area contributed by atoms with Crippen molar-refractivity contribution in [1.82, 2.24) is 9.97 Å². The molecule has 0 atom stereocenters. The monoisotopic (exact) mass is 211 g/mol. The quantitative estimate of drug-likeness (QED) is 0.830. The van der Waals surface area contributed by atoms with Crippen LogP contribution >= 0.6 is 0 Å². The predicted octanol–water partition coefficient (Wildman–Crippen LogP) is 2.60. The molecule has 2 N–H and O–H groups in total. The van der Waals surface area contributed by atoms with Crippen LogP contribution in [-0.4, -0.2) is 9.97 Å². The minimum absolute atomic E-state index is 0.599. The van der Waals surface area contributed by atoms with Crippen molar-refractivity contribution in [2.24, 2.45) is 0 Å². The van der Waals surface area contributed by atoms with E-state index in [1.54, 1.807) is 12.4 Å². The number of aromatic nitrogens is 2. The summed E-state index contributed by atoms with van der Waals surface area (Å²) >= 11 is 0. The summed E-state index contributed by atoms with van der Waals surface area (Å²) < 4.78 is 0. The third-order valence-electron chi connectivity index (χ3n) is 2.87. The van der Waals surface area contributed by atoms with Crippen LogP contribution in [0.5, 0.6) is 0 Å². The first-order valence-corrected chi connectivity index (χ1v) is 5.51. The van der Waals surface area contributed by atoms with Gasteiger partial charge in [0.05, 0.1) is 18.1 Å². The van der Waals surface area contributed by atoms with Crippen molar-refractivity contribution in [3.05, 3.63) is 42.2 Å². The van der Waals surface area contributed by atoms with Crippen LogP contribution in [0.2, 0.25) is 0 Å². The average molecular weight is 211 g/mol. The summed E-state index contributed by atoms with van der Waals surface area (Å²) in [6, 6.07) is 8.47. The molecule has 1 aliphatic rings. The van der Waals surface area contributed by atoms with Crippen LogP contribution in [0.25, 0.3) is 11.4 Å². The molecule has 0 amide bonds. The summed E-state index contributed by atoms with van der Waals surface area (Å²) in [5.41, 5.74) is 8.64. The fraction of sp³-hybridized carbons (Fsp3) is 0.231. The molecule has 1 saturated carbocycles. The lowest BCUT2D eigenvalue weighted by Crippen LogP contribution is -1.92. The minimum Gasteiger partial charge on any atom is -0.396 e. The Morgan fingerprint density at radius 3 is 2.56 bits per heavy atom. The van der Waals surface area contributed by atoms with Crippen molar-refractivity contribution in [2.45, 2.75) is 18.8 Å². The number of nitrogens with two attached hydrogens (primary N) is 1. The minimum atomic E-state index is 0.599. The van der Waals surface area contributed by atoms with Gasteiger partial charge >= 0.3 is 0 Å². The highest BCUT2D eigenvalue weighted by atomic mass is 14.9. The second-order valence-corrected chi connectivity index (χ2v) is 4.24. The maximum Gasteiger partial charge on any atom is 0.159 e. The van der Waals surface area contributed by atoms with Crippen molar-refractivity contribution >= 4 is 5.69 Å². The second kappa shape index (κ2) is 3.59. The number of nitrogens with zero attached hydrogens (tertiary/aromatic N) is 2. The Kier molecular flexibility index (Phi) is 2.10. The normalized spacial score (nSPS) is 15.0. The van der Waals surface area contributed by atoms with Crippen molar-refractivity contribution in [3.8, 4) is 11.4 Å². The molecular formula is C13H13N3. The van der Waals surface area contributed by atoms with Crippen LogP contribution < -0.4 is 5.73 Å². The molecule has 0 saturated heterocycles. The van der Waals surface area contributed by atoms with Gasteiger partial charge in [0.2, 0.25) is 0 Å². The average Bonchev–Trinajstić information content (AvgIpc) is 3.14. The lowest BCUT2D eigenvalue weighted by molar-refractivity contribution is 1.12. The van der Waals surface area contributed by atoms with Crippen LogP contribution in [0.3, 0.4) is 0 Å². The van der Waals surface area contributed by atoms with Gasteiger partial charge in [-0.05, 0) is 30.4 Å². The predicted molar refractivity (Wildman–Crippen MR) is 63.9 cm³/mol. The molecule has 3 heteroatoms. The van der Waals surface area contributed by atoms with Crippen molar-refractivity contribution < 1.29 is 0 Å². The van der Waals surface area contributed by atoms with Gasteiger partial charge in [-0.1, -0.05) is 18.2 Å². The lowest BCUT2D eigenvalue weighted by atomic mass is 10.1. The van der Waals surface area contributed by atoms with E-state index in [9.17, 15) is 0 Å². The summed E-state index contributed by atoms with van der Waals surface area (Å²) in [5, 5.41) is 0. The highest BCUT2D eigenvalue weighted by Crippen LogP contribution is 2.40. The summed E-state index contributed by atoms with van der Waals surface area (Å²) in [7, 11) is 0. The van der Waals surface area contributed by atoms with E-state index < -0.39 is 0 Å². The van der Waals surface area contributed by atoms with Crippen molar-refractivity contribution in [2.75, 3.05) is 5.73 Å². The number of rotatable bonds is 2. The first-order chi connectivity index (χ1) is 7.83. The molecule has 1 aromatic carbocycles. The van der Waals surface area contributed by atoms with E-state index in [1.807, 2.05) is 6.07 Å². The molecule has 0 bridgehead atoms. The molecule has 0 unspecified atom stereocenters. The number of nitrogen functional groups attached to an aromatic ring is 1. The summed E-state index contributed by atoms with van der Waals surface area (Å²) in [4.78, 5) is 8.47. The Morgan fingerprint density at radius 1 is 1.12 bits per heavy atom. The molecule has 80 valence electrons. The maximum absolute atomic E-state index is 5.57. The molecule has 16 heavy (non-hydrogen) atoms. The standard InChI is InChI=1S/C13H13N3/c14-12-7-15-13(16-8-12)11-3-1-2-10(6-11)9-4-5-9/h1-3,6-9H,4-5,14H2. The topological polar surface area (TPSA) is 51.8 Å². The van der Waals surface area contributed by atoms with Gasteiger partial charge in [0.1, 0.15) is 0 Å². The number of hydrogen-bond donors (Lipinski definition) is 1.